The maximum Gasteiger partial charge on any atom is 0.268 e. The second kappa shape index (κ2) is 6.48. The highest BCUT2D eigenvalue weighted by molar-refractivity contribution is 5.96. The van der Waals surface area contributed by atoms with Crippen LogP contribution in [0.25, 0.3) is 0 Å². The van der Waals surface area contributed by atoms with E-state index in [2.05, 4.69) is 10.4 Å². The van der Waals surface area contributed by atoms with Crippen molar-refractivity contribution in [3.63, 3.8) is 0 Å². The normalized spacial score (nSPS) is 10.1. The van der Waals surface area contributed by atoms with E-state index in [0.717, 1.165) is 0 Å². The van der Waals surface area contributed by atoms with Gasteiger partial charge in [0.15, 0.2) is 0 Å². The van der Waals surface area contributed by atoms with E-state index < -0.39 is 5.91 Å². The first-order chi connectivity index (χ1) is 9.72. The molecule has 0 atom stereocenters. The summed E-state index contributed by atoms with van der Waals surface area (Å²) < 4.78 is 6.94. The zero-order valence-electron chi connectivity index (χ0n) is 10.7. The Morgan fingerprint density at radius 1 is 1.35 bits per heavy atom. The monoisotopic (exact) mass is 274 g/mol. The molecule has 0 aliphatic rings. The van der Waals surface area contributed by atoms with E-state index in [9.17, 15) is 9.59 Å². The number of rotatable bonds is 5. The number of hydrogen-bond donors (Lipinski definition) is 2. The molecular formula is C13H14N4O3. The number of carbonyl (C=O) groups is 1. The van der Waals surface area contributed by atoms with E-state index >= 15 is 0 Å². The number of aromatic nitrogens is 2. The number of nitrogens with zero attached hydrogens (tertiary/aromatic N) is 2. The summed E-state index contributed by atoms with van der Waals surface area (Å²) in [7, 11) is 0. The number of hydrazine groups is 1. The van der Waals surface area contributed by atoms with Gasteiger partial charge in [0, 0.05) is 12.3 Å². The number of nitrogens with one attached hydrogen (secondary N) is 1. The molecule has 1 aromatic heterocycles. The number of para-hydroxylation sites is 1. The lowest BCUT2D eigenvalue weighted by molar-refractivity contribution is 0.0949. The van der Waals surface area contributed by atoms with E-state index in [1.165, 1.54) is 23.2 Å². The molecule has 7 nitrogen and oxygen atoms in total. The van der Waals surface area contributed by atoms with Gasteiger partial charge in [0.2, 0.25) is 0 Å². The Labute approximate surface area is 115 Å². The summed E-state index contributed by atoms with van der Waals surface area (Å²) in [4.78, 5) is 26.9. The first-order valence-electron chi connectivity index (χ1n) is 5.95. The van der Waals surface area contributed by atoms with Crippen LogP contribution in [-0.2, 0) is 6.54 Å². The largest absolute Gasteiger partial charge is 0.491 e. The van der Waals surface area contributed by atoms with E-state index in [1.54, 1.807) is 24.3 Å². The molecule has 1 heterocycles. The predicted octanol–water partition coefficient (Wildman–Crippen LogP) is -0.0742. The van der Waals surface area contributed by atoms with Gasteiger partial charge in [-0.05, 0) is 12.1 Å². The van der Waals surface area contributed by atoms with Gasteiger partial charge in [-0.25, -0.2) is 10.8 Å². The van der Waals surface area contributed by atoms with Gasteiger partial charge in [-0.1, -0.05) is 12.1 Å². The number of benzene rings is 1. The van der Waals surface area contributed by atoms with Gasteiger partial charge in [-0.3, -0.25) is 19.6 Å². The molecule has 3 N–H and O–H groups in total. The SMILES string of the molecule is NNC(=O)c1ccccc1OCCn1cnccc1=O. The Balaban J connectivity index is 2.03. The summed E-state index contributed by atoms with van der Waals surface area (Å²) >= 11 is 0. The lowest BCUT2D eigenvalue weighted by atomic mass is 10.2. The highest BCUT2D eigenvalue weighted by atomic mass is 16.5. The van der Waals surface area contributed by atoms with Crippen LogP contribution in [0.5, 0.6) is 5.75 Å². The molecule has 0 aliphatic heterocycles. The summed E-state index contributed by atoms with van der Waals surface area (Å²) in [6.07, 6.45) is 2.87. The third kappa shape index (κ3) is 3.21. The molecule has 0 unspecified atom stereocenters. The molecule has 20 heavy (non-hydrogen) atoms. The van der Waals surface area contributed by atoms with Crippen molar-refractivity contribution < 1.29 is 9.53 Å². The predicted molar refractivity (Wildman–Crippen MR) is 72.1 cm³/mol. The molecule has 0 bridgehead atoms. The van der Waals surface area contributed by atoms with Crippen LogP contribution in [0.15, 0.2) is 47.7 Å². The Hall–Kier alpha value is -2.67. The van der Waals surface area contributed by atoms with Gasteiger partial charge >= 0.3 is 0 Å². The van der Waals surface area contributed by atoms with Crippen molar-refractivity contribution >= 4 is 5.91 Å². The molecule has 104 valence electrons. The molecule has 0 radical (unpaired) electrons. The van der Waals surface area contributed by atoms with Gasteiger partial charge in [0.25, 0.3) is 11.5 Å². The molecule has 0 spiro atoms. The third-order valence-electron chi connectivity index (χ3n) is 2.64. The molecular weight excluding hydrogens is 260 g/mol. The fourth-order valence-electron chi connectivity index (χ4n) is 1.66. The average Bonchev–Trinajstić information content (AvgIpc) is 2.49. The zero-order valence-corrected chi connectivity index (χ0v) is 10.7. The first-order valence-corrected chi connectivity index (χ1v) is 5.95. The Morgan fingerprint density at radius 3 is 2.90 bits per heavy atom. The van der Waals surface area contributed by atoms with Crippen molar-refractivity contribution in [1.82, 2.24) is 15.0 Å². The van der Waals surface area contributed by atoms with Crippen molar-refractivity contribution in [3.05, 3.63) is 58.8 Å². The lowest BCUT2D eigenvalue weighted by Crippen LogP contribution is -2.30. The molecule has 1 aromatic carbocycles. The lowest BCUT2D eigenvalue weighted by Gasteiger charge is -2.11. The number of nitrogens with two attached hydrogens (primary N) is 1. The summed E-state index contributed by atoms with van der Waals surface area (Å²) in [5.41, 5.74) is 2.24. The summed E-state index contributed by atoms with van der Waals surface area (Å²) in [6, 6.07) is 8.10. The summed E-state index contributed by atoms with van der Waals surface area (Å²) in [6.45, 7) is 0.575. The molecule has 0 fully saturated rings. The van der Waals surface area contributed by atoms with Gasteiger partial charge in [-0.15, -0.1) is 0 Å². The molecule has 0 aliphatic carbocycles. The van der Waals surface area contributed by atoms with Crippen LogP contribution in [0.2, 0.25) is 0 Å². The van der Waals surface area contributed by atoms with E-state index in [1.807, 2.05) is 0 Å². The van der Waals surface area contributed by atoms with Gasteiger partial charge < -0.3 is 4.74 Å². The molecule has 0 saturated carbocycles. The minimum Gasteiger partial charge on any atom is -0.491 e. The fourth-order valence-corrected chi connectivity index (χ4v) is 1.66. The van der Waals surface area contributed by atoms with Crippen molar-refractivity contribution in [2.75, 3.05) is 6.61 Å². The van der Waals surface area contributed by atoms with Crippen molar-refractivity contribution in [2.24, 2.45) is 5.84 Å². The minimum absolute atomic E-state index is 0.156. The number of amides is 1. The molecule has 7 heteroatoms. The second-order valence-corrected chi connectivity index (χ2v) is 3.93. The van der Waals surface area contributed by atoms with E-state index in [4.69, 9.17) is 10.6 Å². The Kier molecular flexibility index (Phi) is 4.46. The fraction of sp³-hybridized carbons (Fsp3) is 0.154. The minimum atomic E-state index is -0.431. The van der Waals surface area contributed by atoms with Crippen LogP contribution in [0.3, 0.4) is 0 Å². The summed E-state index contributed by atoms with van der Waals surface area (Å²) in [5, 5.41) is 0. The van der Waals surface area contributed by atoms with Crippen LogP contribution >= 0.6 is 0 Å². The molecule has 2 rings (SSSR count). The topological polar surface area (TPSA) is 99.2 Å². The highest BCUT2D eigenvalue weighted by Crippen LogP contribution is 2.17. The number of carbonyl (C=O) groups excluding carboxylic acids is 1. The number of ether oxygens (including phenoxy) is 1. The second-order valence-electron chi connectivity index (χ2n) is 3.93. The Morgan fingerprint density at radius 2 is 2.15 bits per heavy atom. The van der Waals surface area contributed by atoms with Crippen LogP contribution in [0, 0.1) is 0 Å². The van der Waals surface area contributed by atoms with Crippen molar-refractivity contribution in [3.8, 4) is 5.75 Å². The molecule has 2 aromatic rings. The van der Waals surface area contributed by atoms with Crippen LogP contribution in [0.4, 0.5) is 0 Å². The van der Waals surface area contributed by atoms with Crippen LogP contribution in [0.1, 0.15) is 10.4 Å². The van der Waals surface area contributed by atoms with E-state index in [0.29, 0.717) is 17.9 Å². The van der Waals surface area contributed by atoms with Crippen molar-refractivity contribution in [1.29, 1.82) is 0 Å². The van der Waals surface area contributed by atoms with E-state index in [-0.39, 0.29) is 12.2 Å². The first kappa shape index (κ1) is 13.8. The smallest absolute Gasteiger partial charge is 0.268 e. The number of hydrogen-bond acceptors (Lipinski definition) is 5. The maximum absolute atomic E-state index is 11.5. The van der Waals surface area contributed by atoms with Gasteiger partial charge in [-0.2, -0.15) is 0 Å². The average molecular weight is 274 g/mol. The molecule has 0 saturated heterocycles. The Bertz CT molecular complexity index is 654. The standard InChI is InChI=1S/C13H14N4O3/c14-16-13(19)10-3-1-2-4-11(10)20-8-7-17-9-15-6-5-12(17)18/h1-6,9H,7-8,14H2,(H,16,19). The van der Waals surface area contributed by atoms with Gasteiger partial charge in [0.05, 0.1) is 18.4 Å². The zero-order chi connectivity index (χ0) is 14.4. The van der Waals surface area contributed by atoms with Gasteiger partial charge in [0.1, 0.15) is 12.4 Å². The quantitative estimate of drug-likeness (QED) is 0.451. The highest BCUT2D eigenvalue weighted by Gasteiger charge is 2.10. The number of nitrogen functional groups attached to an aromatic ring is 1. The van der Waals surface area contributed by atoms with Crippen LogP contribution in [-0.4, -0.2) is 22.1 Å². The van der Waals surface area contributed by atoms with Crippen molar-refractivity contribution in [2.45, 2.75) is 6.54 Å². The maximum atomic E-state index is 11.5. The summed E-state index contributed by atoms with van der Waals surface area (Å²) in [5.74, 6) is 5.08. The molecule has 1 amide bonds. The third-order valence-corrected chi connectivity index (χ3v) is 2.64. The van der Waals surface area contributed by atoms with Crippen LogP contribution < -0.4 is 21.6 Å².